The third kappa shape index (κ3) is 2.09. The molecule has 0 aromatic carbocycles. The van der Waals surface area contributed by atoms with Crippen LogP contribution in [-0.4, -0.2) is 54.1 Å². The van der Waals surface area contributed by atoms with Gasteiger partial charge in [0.25, 0.3) is 11.7 Å². The topological polar surface area (TPSA) is 101 Å². The van der Waals surface area contributed by atoms with Crippen molar-refractivity contribution in [2.75, 3.05) is 7.05 Å². The Balaban J connectivity index is 2.41. The summed E-state index contributed by atoms with van der Waals surface area (Å²) in [4.78, 5) is 32.6. The molecule has 0 aliphatic carbocycles. The Bertz CT molecular complexity index is 691. The number of aryl methyl sites for hydroxylation is 1. The molecule has 2 aromatic rings. The van der Waals surface area contributed by atoms with Crippen LogP contribution in [0.25, 0.3) is 5.78 Å². The molecule has 20 heavy (non-hydrogen) atoms. The van der Waals surface area contributed by atoms with Gasteiger partial charge in [-0.2, -0.15) is 4.98 Å². The second-order valence-corrected chi connectivity index (χ2v) is 4.96. The number of fused-ring (bicyclic) bond motifs is 1. The van der Waals surface area contributed by atoms with Crippen LogP contribution < -0.4 is 0 Å². The summed E-state index contributed by atoms with van der Waals surface area (Å²) in [5.41, 5.74) is -0.571. The standard InChI is InChI=1S/C12H15N5O3/c1-7-5-6-13-11-14-8(15-17(7)11)9(18)16(4)12(2,3)10(19)20/h5-6H,1-4H3,(H,19,20). The van der Waals surface area contributed by atoms with Crippen LogP contribution in [0.5, 0.6) is 0 Å². The molecule has 0 saturated heterocycles. The summed E-state index contributed by atoms with van der Waals surface area (Å²) >= 11 is 0. The highest BCUT2D eigenvalue weighted by Gasteiger charge is 2.37. The lowest BCUT2D eigenvalue weighted by molar-refractivity contribution is -0.147. The van der Waals surface area contributed by atoms with Gasteiger partial charge < -0.3 is 10.0 Å². The zero-order chi connectivity index (χ0) is 15.1. The van der Waals surface area contributed by atoms with Crippen molar-refractivity contribution in [3.8, 4) is 0 Å². The van der Waals surface area contributed by atoms with E-state index in [1.54, 1.807) is 12.3 Å². The van der Waals surface area contributed by atoms with Gasteiger partial charge in [0.15, 0.2) is 0 Å². The van der Waals surface area contributed by atoms with E-state index < -0.39 is 17.4 Å². The van der Waals surface area contributed by atoms with Gasteiger partial charge in [-0.25, -0.2) is 14.3 Å². The van der Waals surface area contributed by atoms with E-state index in [1.165, 1.54) is 25.4 Å². The number of nitrogens with zero attached hydrogens (tertiary/aromatic N) is 5. The SMILES string of the molecule is Cc1ccnc2nc(C(=O)N(C)C(C)(C)C(=O)O)nn12. The number of likely N-dealkylation sites (N-methyl/N-ethyl adjacent to an activating group) is 1. The van der Waals surface area contributed by atoms with E-state index >= 15 is 0 Å². The number of carboxylic acid groups (broad SMARTS) is 1. The van der Waals surface area contributed by atoms with E-state index in [4.69, 9.17) is 5.11 Å². The number of amides is 1. The average molecular weight is 277 g/mol. The Hall–Kier alpha value is -2.51. The monoisotopic (exact) mass is 277 g/mol. The molecule has 0 aliphatic rings. The highest BCUT2D eigenvalue weighted by Crippen LogP contribution is 2.15. The quantitative estimate of drug-likeness (QED) is 0.869. The Morgan fingerprint density at radius 3 is 2.60 bits per heavy atom. The smallest absolute Gasteiger partial charge is 0.329 e. The van der Waals surface area contributed by atoms with Crippen molar-refractivity contribution in [1.82, 2.24) is 24.5 Å². The Kier molecular flexibility index (Phi) is 3.16. The molecule has 0 atom stereocenters. The molecule has 0 bridgehead atoms. The van der Waals surface area contributed by atoms with E-state index in [2.05, 4.69) is 15.1 Å². The summed E-state index contributed by atoms with van der Waals surface area (Å²) in [6, 6.07) is 1.74. The van der Waals surface area contributed by atoms with Gasteiger partial charge >= 0.3 is 5.97 Å². The van der Waals surface area contributed by atoms with E-state index in [-0.39, 0.29) is 5.82 Å². The van der Waals surface area contributed by atoms with Gasteiger partial charge in [0.2, 0.25) is 5.82 Å². The number of hydrogen-bond acceptors (Lipinski definition) is 5. The van der Waals surface area contributed by atoms with Gasteiger partial charge in [-0.3, -0.25) is 4.79 Å². The zero-order valence-electron chi connectivity index (χ0n) is 11.7. The number of aliphatic carboxylic acids is 1. The minimum Gasteiger partial charge on any atom is -0.480 e. The number of carboxylic acids is 1. The molecule has 8 nitrogen and oxygen atoms in total. The molecule has 2 aromatic heterocycles. The molecule has 0 saturated carbocycles. The average Bonchev–Trinajstić information content (AvgIpc) is 2.82. The van der Waals surface area contributed by atoms with Crippen molar-refractivity contribution in [3.05, 3.63) is 23.8 Å². The maximum atomic E-state index is 12.3. The molecule has 0 fully saturated rings. The highest BCUT2D eigenvalue weighted by molar-refractivity contribution is 5.94. The minimum absolute atomic E-state index is 0.0800. The molecule has 8 heteroatoms. The van der Waals surface area contributed by atoms with Crippen LogP contribution in [0, 0.1) is 6.92 Å². The predicted molar refractivity (Wildman–Crippen MR) is 69.3 cm³/mol. The molecule has 2 rings (SSSR count). The fraction of sp³-hybridized carbons (Fsp3) is 0.417. The number of carbonyl (C=O) groups excluding carboxylic acids is 1. The first-order chi connectivity index (χ1) is 9.25. The second kappa shape index (κ2) is 4.55. The van der Waals surface area contributed by atoms with Crippen LogP contribution in [0.4, 0.5) is 0 Å². The Morgan fingerprint density at radius 2 is 2.05 bits per heavy atom. The largest absolute Gasteiger partial charge is 0.480 e. The number of rotatable bonds is 3. The number of hydrogen-bond donors (Lipinski definition) is 1. The van der Waals surface area contributed by atoms with Gasteiger partial charge in [0, 0.05) is 18.9 Å². The highest BCUT2D eigenvalue weighted by atomic mass is 16.4. The predicted octanol–water partition coefficient (Wildman–Crippen LogP) is 0.368. The Labute approximate surface area is 115 Å². The van der Waals surface area contributed by atoms with Gasteiger partial charge in [-0.15, -0.1) is 5.10 Å². The van der Waals surface area contributed by atoms with Crippen LogP contribution in [0.3, 0.4) is 0 Å². The summed E-state index contributed by atoms with van der Waals surface area (Å²) in [6.45, 7) is 4.68. The molecule has 106 valence electrons. The normalized spacial score (nSPS) is 11.6. The molecule has 2 heterocycles. The van der Waals surface area contributed by atoms with Crippen molar-refractivity contribution in [2.45, 2.75) is 26.3 Å². The van der Waals surface area contributed by atoms with Crippen molar-refractivity contribution >= 4 is 17.7 Å². The number of aromatic nitrogens is 4. The van der Waals surface area contributed by atoms with Crippen LogP contribution in [0.1, 0.15) is 30.2 Å². The fourth-order valence-electron chi connectivity index (χ4n) is 1.54. The summed E-state index contributed by atoms with van der Waals surface area (Å²) in [5.74, 6) is -1.45. The minimum atomic E-state index is -1.35. The van der Waals surface area contributed by atoms with Crippen LogP contribution in [0.2, 0.25) is 0 Å². The first-order valence-electron chi connectivity index (χ1n) is 5.95. The maximum Gasteiger partial charge on any atom is 0.329 e. The Morgan fingerprint density at radius 1 is 1.40 bits per heavy atom. The lowest BCUT2D eigenvalue weighted by Gasteiger charge is -2.30. The molecule has 1 amide bonds. The van der Waals surface area contributed by atoms with Crippen LogP contribution >= 0.6 is 0 Å². The maximum absolute atomic E-state index is 12.3. The van der Waals surface area contributed by atoms with Crippen LogP contribution in [0.15, 0.2) is 12.3 Å². The van der Waals surface area contributed by atoms with Crippen molar-refractivity contribution in [2.24, 2.45) is 0 Å². The lowest BCUT2D eigenvalue weighted by Crippen LogP contribution is -2.51. The van der Waals surface area contributed by atoms with Crippen molar-refractivity contribution < 1.29 is 14.7 Å². The lowest BCUT2D eigenvalue weighted by atomic mass is 10.0. The van der Waals surface area contributed by atoms with Gasteiger partial charge in [0.1, 0.15) is 5.54 Å². The van der Waals surface area contributed by atoms with Gasteiger partial charge in [-0.05, 0) is 26.8 Å². The zero-order valence-corrected chi connectivity index (χ0v) is 11.7. The van der Waals surface area contributed by atoms with Gasteiger partial charge in [0.05, 0.1) is 0 Å². The molecular weight excluding hydrogens is 262 g/mol. The first kappa shape index (κ1) is 13.9. The molecular formula is C12H15N5O3. The summed E-state index contributed by atoms with van der Waals surface area (Å²) < 4.78 is 1.44. The molecule has 0 radical (unpaired) electrons. The van der Waals surface area contributed by atoms with Crippen molar-refractivity contribution in [1.29, 1.82) is 0 Å². The van der Waals surface area contributed by atoms with E-state index in [0.717, 1.165) is 10.6 Å². The van der Waals surface area contributed by atoms with E-state index in [1.807, 2.05) is 6.92 Å². The number of carbonyl (C=O) groups is 2. The second-order valence-electron chi connectivity index (χ2n) is 4.96. The molecule has 1 N–H and O–H groups in total. The summed E-state index contributed by atoms with van der Waals surface area (Å²) in [5, 5.41) is 13.2. The van der Waals surface area contributed by atoms with E-state index in [9.17, 15) is 9.59 Å². The fourth-order valence-corrected chi connectivity index (χ4v) is 1.54. The molecule has 0 unspecified atom stereocenters. The molecule has 0 spiro atoms. The third-order valence-corrected chi connectivity index (χ3v) is 3.29. The van der Waals surface area contributed by atoms with Crippen molar-refractivity contribution in [3.63, 3.8) is 0 Å². The van der Waals surface area contributed by atoms with Crippen LogP contribution in [-0.2, 0) is 4.79 Å². The van der Waals surface area contributed by atoms with Gasteiger partial charge in [-0.1, -0.05) is 0 Å². The summed E-state index contributed by atoms with van der Waals surface area (Å²) in [6.07, 6.45) is 1.57. The summed E-state index contributed by atoms with van der Waals surface area (Å²) in [7, 11) is 1.41. The molecule has 0 aliphatic heterocycles. The first-order valence-corrected chi connectivity index (χ1v) is 5.95. The van der Waals surface area contributed by atoms with E-state index in [0.29, 0.717) is 5.78 Å². The third-order valence-electron chi connectivity index (χ3n) is 3.29.